The Morgan fingerprint density at radius 2 is 2.33 bits per heavy atom. The highest BCUT2D eigenvalue weighted by atomic mass is 32.1. The number of hydrogen-bond acceptors (Lipinski definition) is 3. The zero-order chi connectivity index (χ0) is 11.1. The zero-order valence-electron chi connectivity index (χ0n) is 9.78. The van der Waals surface area contributed by atoms with Gasteiger partial charge in [0.1, 0.15) is 0 Å². The molecule has 0 aromatic carbocycles. The predicted molar refractivity (Wildman–Crippen MR) is 68.2 cm³/mol. The molecule has 0 aliphatic rings. The predicted octanol–water partition coefficient (Wildman–Crippen LogP) is 2.70. The van der Waals surface area contributed by atoms with Crippen molar-refractivity contribution in [1.82, 2.24) is 4.90 Å². The average Bonchev–Trinajstić information content (AvgIpc) is 2.71. The zero-order valence-corrected chi connectivity index (χ0v) is 10.6. The SMILES string of the molecule is CCCCC(CN)N(C)Cc1cccs1. The molecule has 86 valence electrons. The van der Waals surface area contributed by atoms with Crippen molar-refractivity contribution in [3.63, 3.8) is 0 Å². The summed E-state index contributed by atoms with van der Waals surface area (Å²) >= 11 is 1.82. The third kappa shape index (κ3) is 4.33. The van der Waals surface area contributed by atoms with Crippen LogP contribution in [0.25, 0.3) is 0 Å². The van der Waals surface area contributed by atoms with Crippen molar-refractivity contribution in [2.24, 2.45) is 5.73 Å². The summed E-state index contributed by atoms with van der Waals surface area (Å²) in [5.74, 6) is 0. The van der Waals surface area contributed by atoms with Gasteiger partial charge in [0.2, 0.25) is 0 Å². The monoisotopic (exact) mass is 226 g/mol. The van der Waals surface area contributed by atoms with Crippen LogP contribution in [0.15, 0.2) is 17.5 Å². The standard InChI is InChI=1S/C12H22N2S/c1-3-4-6-11(9-13)14(2)10-12-7-5-8-15-12/h5,7-8,11H,3-4,6,9-10,13H2,1-2H3. The van der Waals surface area contributed by atoms with Gasteiger partial charge in [-0.3, -0.25) is 4.90 Å². The number of thiophene rings is 1. The smallest absolute Gasteiger partial charge is 0.0328 e. The number of nitrogens with two attached hydrogens (primary N) is 1. The number of rotatable bonds is 7. The Bertz CT molecular complexity index is 246. The van der Waals surface area contributed by atoms with Crippen LogP contribution in [-0.2, 0) is 6.54 Å². The van der Waals surface area contributed by atoms with Gasteiger partial charge in [0.25, 0.3) is 0 Å². The second-order valence-corrected chi connectivity index (χ2v) is 5.06. The lowest BCUT2D eigenvalue weighted by atomic mass is 10.1. The minimum atomic E-state index is 0.534. The van der Waals surface area contributed by atoms with Crippen LogP contribution in [-0.4, -0.2) is 24.5 Å². The van der Waals surface area contributed by atoms with E-state index in [0.29, 0.717) is 6.04 Å². The maximum atomic E-state index is 5.81. The van der Waals surface area contributed by atoms with E-state index in [9.17, 15) is 0 Å². The van der Waals surface area contributed by atoms with Gasteiger partial charge in [-0.05, 0) is 24.9 Å². The number of hydrogen-bond donors (Lipinski definition) is 1. The molecule has 0 radical (unpaired) electrons. The van der Waals surface area contributed by atoms with Crippen molar-refractivity contribution < 1.29 is 0 Å². The highest BCUT2D eigenvalue weighted by Gasteiger charge is 2.12. The fourth-order valence-corrected chi connectivity index (χ4v) is 2.50. The quantitative estimate of drug-likeness (QED) is 0.774. The van der Waals surface area contributed by atoms with Crippen LogP contribution in [0.5, 0.6) is 0 Å². The second kappa shape index (κ2) is 6.99. The third-order valence-corrected chi connectivity index (χ3v) is 3.63. The maximum Gasteiger partial charge on any atom is 0.0328 e. The molecule has 1 heterocycles. The number of unbranched alkanes of at least 4 members (excludes halogenated alkanes) is 1. The topological polar surface area (TPSA) is 29.3 Å². The van der Waals surface area contributed by atoms with Gasteiger partial charge in [-0.1, -0.05) is 25.8 Å². The van der Waals surface area contributed by atoms with E-state index in [1.54, 1.807) is 0 Å². The lowest BCUT2D eigenvalue weighted by Gasteiger charge is -2.26. The molecule has 1 unspecified atom stereocenters. The van der Waals surface area contributed by atoms with Crippen LogP contribution in [0.2, 0.25) is 0 Å². The minimum Gasteiger partial charge on any atom is -0.329 e. The first kappa shape index (κ1) is 12.7. The summed E-state index contributed by atoms with van der Waals surface area (Å²) in [6, 6.07) is 4.83. The van der Waals surface area contributed by atoms with E-state index in [2.05, 4.69) is 36.4 Å². The van der Waals surface area contributed by atoms with Crippen LogP contribution >= 0.6 is 11.3 Å². The normalized spacial score (nSPS) is 13.3. The van der Waals surface area contributed by atoms with Gasteiger partial charge >= 0.3 is 0 Å². The molecule has 15 heavy (non-hydrogen) atoms. The van der Waals surface area contributed by atoms with E-state index in [4.69, 9.17) is 5.73 Å². The Balaban J connectivity index is 2.39. The molecule has 0 saturated carbocycles. The highest BCUT2D eigenvalue weighted by molar-refractivity contribution is 7.09. The highest BCUT2D eigenvalue weighted by Crippen LogP contribution is 2.14. The van der Waals surface area contributed by atoms with Crippen molar-refractivity contribution >= 4 is 11.3 Å². The van der Waals surface area contributed by atoms with Crippen LogP contribution < -0.4 is 5.73 Å². The molecule has 0 amide bonds. The first-order valence-electron chi connectivity index (χ1n) is 5.70. The summed E-state index contributed by atoms with van der Waals surface area (Å²) in [6.45, 7) is 4.03. The number of nitrogens with zero attached hydrogens (tertiary/aromatic N) is 1. The van der Waals surface area contributed by atoms with Gasteiger partial charge in [-0.2, -0.15) is 0 Å². The van der Waals surface area contributed by atoms with Crippen LogP contribution in [0.1, 0.15) is 31.1 Å². The molecule has 0 aliphatic heterocycles. The molecule has 0 aliphatic carbocycles. The van der Waals surface area contributed by atoms with E-state index in [1.165, 1.54) is 24.1 Å². The molecular formula is C12H22N2S. The van der Waals surface area contributed by atoms with Gasteiger partial charge < -0.3 is 5.73 Å². The van der Waals surface area contributed by atoms with Crippen LogP contribution in [0.3, 0.4) is 0 Å². The molecule has 0 fully saturated rings. The maximum absolute atomic E-state index is 5.81. The third-order valence-electron chi connectivity index (χ3n) is 2.77. The Labute approximate surface area is 97.1 Å². The second-order valence-electron chi connectivity index (χ2n) is 4.03. The van der Waals surface area contributed by atoms with Crippen molar-refractivity contribution in [2.45, 2.75) is 38.8 Å². The molecule has 0 saturated heterocycles. The van der Waals surface area contributed by atoms with Gasteiger partial charge in [0.05, 0.1) is 0 Å². The molecular weight excluding hydrogens is 204 g/mol. The molecule has 0 spiro atoms. The summed E-state index contributed by atoms with van der Waals surface area (Å²) in [6.07, 6.45) is 3.74. The first-order valence-corrected chi connectivity index (χ1v) is 6.58. The van der Waals surface area contributed by atoms with E-state index in [1.807, 2.05) is 11.3 Å². The summed E-state index contributed by atoms with van der Waals surface area (Å²) < 4.78 is 0. The molecule has 1 rings (SSSR count). The lowest BCUT2D eigenvalue weighted by Crippen LogP contribution is -2.37. The minimum absolute atomic E-state index is 0.534. The van der Waals surface area contributed by atoms with Crippen molar-refractivity contribution in [2.75, 3.05) is 13.6 Å². The summed E-state index contributed by atoms with van der Waals surface area (Å²) in [4.78, 5) is 3.80. The fraction of sp³-hybridized carbons (Fsp3) is 0.667. The Hall–Kier alpha value is -0.380. The Morgan fingerprint density at radius 3 is 2.87 bits per heavy atom. The van der Waals surface area contributed by atoms with E-state index in [0.717, 1.165) is 13.1 Å². The average molecular weight is 226 g/mol. The van der Waals surface area contributed by atoms with E-state index < -0.39 is 0 Å². The van der Waals surface area contributed by atoms with E-state index in [-0.39, 0.29) is 0 Å². The summed E-state index contributed by atoms with van der Waals surface area (Å²) in [7, 11) is 2.17. The Kier molecular flexibility index (Phi) is 5.91. The first-order chi connectivity index (χ1) is 7.27. The molecule has 1 aromatic rings. The summed E-state index contributed by atoms with van der Waals surface area (Å²) in [5, 5.41) is 2.13. The van der Waals surface area contributed by atoms with Crippen molar-refractivity contribution in [3.8, 4) is 0 Å². The van der Waals surface area contributed by atoms with E-state index >= 15 is 0 Å². The van der Waals surface area contributed by atoms with Crippen LogP contribution in [0.4, 0.5) is 0 Å². The molecule has 1 aromatic heterocycles. The fourth-order valence-electron chi connectivity index (χ4n) is 1.74. The van der Waals surface area contributed by atoms with Gasteiger partial charge in [-0.25, -0.2) is 0 Å². The van der Waals surface area contributed by atoms with Gasteiger partial charge in [0.15, 0.2) is 0 Å². The lowest BCUT2D eigenvalue weighted by molar-refractivity contribution is 0.225. The van der Waals surface area contributed by atoms with Gasteiger partial charge in [0, 0.05) is 24.0 Å². The molecule has 2 N–H and O–H groups in total. The molecule has 3 heteroatoms. The van der Waals surface area contributed by atoms with Gasteiger partial charge in [-0.15, -0.1) is 11.3 Å². The molecule has 1 atom stereocenters. The summed E-state index contributed by atoms with van der Waals surface area (Å²) in [5.41, 5.74) is 5.81. The van der Waals surface area contributed by atoms with Crippen molar-refractivity contribution in [3.05, 3.63) is 22.4 Å². The molecule has 2 nitrogen and oxygen atoms in total. The van der Waals surface area contributed by atoms with Crippen molar-refractivity contribution in [1.29, 1.82) is 0 Å². The number of likely N-dealkylation sites (N-methyl/N-ethyl adjacent to an activating group) is 1. The Morgan fingerprint density at radius 1 is 1.53 bits per heavy atom. The van der Waals surface area contributed by atoms with Crippen LogP contribution in [0, 0.1) is 0 Å². The largest absolute Gasteiger partial charge is 0.329 e. The molecule has 0 bridgehead atoms.